The topological polar surface area (TPSA) is 63.1 Å². The number of carbonyl (C=O) groups excluding carboxylic acids is 1. The molecule has 0 unspecified atom stereocenters. The average molecular weight is 897 g/mol. The molecule has 0 saturated heterocycles. The number of allylic oxidation sites excluding steroid dienone is 2. The molecule has 1 N–H and O–H groups in total. The molecular weight excluding hydrogens is 864 g/mol. The maximum Gasteiger partial charge on any atom is 0 e. The van der Waals surface area contributed by atoms with E-state index in [1.54, 1.807) is 0 Å². The number of rotatable bonds is 8. The van der Waals surface area contributed by atoms with Gasteiger partial charge in [0.1, 0.15) is 0 Å². The molecule has 0 atom stereocenters. The van der Waals surface area contributed by atoms with Crippen LogP contribution in [0.15, 0.2) is 66.7 Å². The number of nitrogens with zero attached hydrogens (tertiary/aromatic N) is 2. The number of halogens is 4. The van der Waals surface area contributed by atoms with Gasteiger partial charge in [-0.25, -0.2) is 0 Å². The van der Waals surface area contributed by atoms with Gasteiger partial charge in [0.05, 0.1) is 5.76 Å². The van der Waals surface area contributed by atoms with Gasteiger partial charge in [0.25, 0.3) is 0 Å². The van der Waals surface area contributed by atoms with Crippen LogP contribution in [0.4, 0.5) is 17.6 Å². The molecule has 0 bridgehead atoms. The molecule has 0 saturated carbocycles. The van der Waals surface area contributed by atoms with Crippen LogP contribution in [0.5, 0.6) is 0 Å². The second kappa shape index (κ2) is 15.6. The van der Waals surface area contributed by atoms with Crippen molar-refractivity contribution in [3.8, 4) is 9.27 Å². The van der Waals surface area contributed by atoms with Gasteiger partial charge in [-0.1, -0.05) is 27.7 Å². The molecule has 2 heterocycles. The van der Waals surface area contributed by atoms with Crippen molar-refractivity contribution in [2.24, 2.45) is 11.8 Å². The van der Waals surface area contributed by atoms with Gasteiger partial charge in [-0.3, -0.25) is 4.79 Å². The maximum atomic E-state index is 15.4. The van der Waals surface area contributed by atoms with Crippen molar-refractivity contribution in [3.05, 3.63) is 84.1 Å². The van der Waals surface area contributed by atoms with Gasteiger partial charge >= 0.3 is 166 Å². The van der Waals surface area contributed by atoms with E-state index < -0.39 is 43.5 Å². The monoisotopic (exact) mass is 900 g/mol. The van der Waals surface area contributed by atoms with Crippen molar-refractivity contribution in [2.45, 2.75) is 59.6 Å². The van der Waals surface area contributed by atoms with E-state index in [0.717, 1.165) is 40.8 Å². The fraction of sp³-hybridized carbons (Fsp3) is 0.324. The summed E-state index contributed by atoms with van der Waals surface area (Å²) in [6.07, 6.45) is 1.31. The molecule has 0 aliphatic heterocycles. The van der Waals surface area contributed by atoms with Crippen LogP contribution in [0.2, 0.25) is 0 Å². The van der Waals surface area contributed by atoms with Crippen LogP contribution in [0.1, 0.15) is 58.9 Å². The molecule has 2 aromatic heterocycles. The van der Waals surface area contributed by atoms with Gasteiger partial charge in [0, 0.05) is 38.0 Å². The Kier molecular flexibility index (Phi) is 12.7. The number of hydrogen-bond acceptors (Lipinski definition) is 4. The zero-order chi connectivity index (χ0) is 31.3. The average Bonchev–Trinajstić information content (AvgIpc) is 3.42. The maximum absolute atomic E-state index is 15.4. The smallest absolute Gasteiger partial charge is 0 e. The van der Waals surface area contributed by atoms with Crippen LogP contribution in [-0.4, -0.2) is 41.3 Å². The molecule has 44 heavy (non-hydrogen) atoms. The third-order valence-electron chi connectivity index (χ3n) is 7.66. The van der Waals surface area contributed by atoms with E-state index in [1.807, 2.05) is 52.0 Å². The largest absolute Gasteiger partial charge is 0 e. The molecule has 3 aromatic carbocycles. The molecular formula is C34H33F4IrN2O2Te-. The number of ketones is 1. The van der Waals surface area contributed by atoms with Crippen LogP contribution in [0, 0.1) is 23.7 Å². The molecule has 10 heteroatoms. The molecule has 4 nitrogen and oxygen atoms in total. The Morgan fingerprint density at radius 3 is 2.11 bits per heavy atom. The number of fused-ring (bicyclic) bond motifs is 3. The van der Waals surface area contributed by atoms with Crippen LogP contribution >= 0.6 is 0 Å². The van der Waals surface area contributed by atoms with Crippen LogP contribution < -0.4 is 0 Å². The summed E-state index contributed by atoms with van der Waals surface area (Å²) in [4.78, 5) is 19.7. The Bertz CT molecular complexity index is 1740. The molecule has 5 rings (SSSR count). The second-order valence-corrected chi connectivity index (χ2v) is 13.2. The third-order valence-corrected chi connectivity index (χ3v) is 10.7. The zero-order valence-electron chi connectivity index (χ0n) is 24.8. The molecule has 0 amide bonds. The van der Waals surface area contributed by atoms with Crippen LogP contribution in [0.3, 0.4) is 0 Å². The van der Waals surface area contributed by atoms with Gasteiger partial charge in [-0.05, 0) is 25.7 Å². The van der Waals surface area contributed by atoms with E-state index in [4.69, 9.17) is 0 Å². The standard InChI is InChI=1S/C21H9F4N2Te.C13H24O2.Ir/c22-18-13-7-3-2-6-12(13)17(21(23,24)25)20-16(18)19(26-10-27-20)15-9-11-5-1-4-8-14(11)28-15;1-5-10(6-2)12(14)9-13(15)11(7-3)8-4;/h1-8,10H;9-11,14H,5-8H2,1-4H3;/q-1;;/b;12-9-;. The summed E-state index contributed by atoms with van der Waals surface area (Å²) < 4.78 is 58.9. The first-order valence-electron chi connectivity index (χ1n) is 14.3. The molecule has 235 valence electrons. The number of alkyl halides is 3. The predicted octanol–water partition coefficient (Wildman–Crippen LogP) is 9.49. The second-order valence-electron chi connectivity index (χ2n) is 10.2. The quantitative estimate of drug-likeness (QED) is 0.0422. The minimum absolute atomic E-state index is 0. The van der Waals surface area contributed by atoms with E-state index in [0.29, 0.717) is 3.58 Å². The summed E-state index contributed by atoms with van der Waals surface area (Å²) >= 11 is -0.934. The van der Waals surface area contributed by atoms with Crippen molar-refractivity contribution in [1.82, 2.24) is 9.97 Å². The Morgan fingerprint density at radius 1 is 0.932 bits per heavy atom. The number of hydrogen-bond donors (Lipinski definition) is 1. The molecule has 0 aliphatic carbocycles. The summed E-state index contributed by atoms with van der Waals surface area (Å²) in [5.41, 5.74) is -1.14. The fourth-order valence-electron chi connectivity index (χ4n) is 5.20. The molecule has 0 aliphatic rings. The first kappa shape index (κ1) is 35.8. The summed E-state index contributed by atoms with van der Waals surface area (Å²) in [7, 11) is 0. The Balaban J connectivity index is 0.000000286. The Hall–Kier alpha value is -2.63. The van der Waals surface area contributed by atoms with Crippen molar-refractivity contribution >= 4 is 56.7 Å². The predicted molar refractivity (Wildman–Crippen MR) is 165 cm³/mol. The Morgan fingerprint density at radius 2 is 1.52 bits per heavy atom. The molecule has 0 spiro atoms. The number of carbonyl (C=O) groups is 1. The van der Waals surface area contributed by atoms with Crippen molar-refractivity contribution in [2.75, 3.05) is 0 Å². The van der Waals surface area contributed by atoms with E-state index in [9.17, 15) is 23.1 Å². The number of benzene rings is 3. The van der Waals surface area contributed by atoms with E-state index in [1.165, 1.54) is 30.3 Å². The van der Waals surface area contributed by atoms with Crippen molar-refractivity contribution in [1.29, 1.82) is 0 Å². The van der Waals surface area contributed by atoms with Crippen molar-refractivity contribution in [3.63, 3.8) is 0 Å². The zero-order valence-corrected chi connectivity index (χ0v) is 29.5. The summed E-state index contributed by atoms with van der Waals surface area (Å²) in [6, 6.07) is 16.5. The number of aliphatic hydroxyl groups excluding tert-OH is 1. The van der Waals surface area contributed by atoms with Gasteiger partial charge < -0.3 is 5.11 Å². The molecule has 5 aromatic rings. The number of aromatic nitrogens is 2. The van der Waals surface area contributed by atoms with Gasteiger partial charge in [0.15, 0.2) is 5.78 Å². The summed E-state index contributed by atoms with van der Waals surface area (Å²) in [5, 5.41) is 10.2. The first-order chi connectivity index (χ1) is 20.5. The van der Waals surface area contributed by atoms with Gasteiger partial charge in [-0.2, -0.15) is 0 Å². The molecule has 0 fully saturated rings. The van der Waals surface area contributed by atoms with Crippen LogP contribution in [-0.2, 0) is 31.1 Å². The normalized spacial score (nSPS) is 12.1. The van der Waals surface area contributed by atoms with E-state index in [-0.39, 0.29) is 65.3 Å². The van der Waals surface area contributed by atoms with Gasteiger partial charge in [0.2, 0.25) is 0 Å². The SMILES string of the molecule is CCC(CC)C(=O)/C=C(\O)C(CC)CC.Fc1c2ccccc2c(C(F)(F)F)c2ncnc(-c3[c-]c4ccccc4[te]3)c12.[Ir]. The van der Waals surface area contributed by atoms with Crippen molar-refractivity contribution < 1.29 is 47.6 Å². The van der Waals surface area contributed by atoms with Gasteiger partial charge in [-0.15, -0.1) is 0 Å². The van der Waals surface area contributed by atoms with E-state index in [2.05, 4.69) is 16.0 Å². The minimum Gasteiger partial charge on any atom is 0 e. The Labute approximate surface area is 277 Å². The third kappa shape index (κ3) is 7.59. The summed E-state index contributed by atoms with van der Waals surface area (Å²) in [5.74, 6) is -0.182. The summed E-state index contributed by atoms with van der Waals surface area (Å²) in [6.45, 7) is 8.07. The van der Waals surface area contributed by atoms with Crippen LogP contribution in [0.25, 0.3) is 39.7 Å². The number of aliphatic hydroxyl groups is 1. The molecule has 1 radical (unpaired) electrons. The fourth-order valence-corrected chi connectivity index (χ4v) is 8.08. The first-order valence-corrected chi connectivity index (χ1v) is 16.7. The minimum atomic E-state index is -4.68. The van der Waals surface area contributed by atoms with E-state index >= 15 is 4.39 Å².